The molecule has 0 aliphatic carbocycles. The van der Waals surface area contributed by atoms with Gasteiger partial charge in [0, 0.05) is 24.8 Å². The summed E-state index contributed by atoms with van der Waals surface area (Å²) in [4.78, 5) is 3.78. The first-order valence-corrected chi connectivity index (χ1v) is 5.84. The van der Waals surface area contributed by atoms with Gasteiger partial charge in [-0.1, -0.05) is 0 Å². The molecule has 6 heteroatoms. The molecule has 0 bridgehead atoms. The molecule has 1 aliphatic rings. The zero-order valence-corrected chi connectivity index (χ0v) is 10.00. The molecule has 1 aromatic rings. The summed E-state index contributed by atoms with van der Waals surface area (Å²) in [6.07, 6.45) is -2.52. The first kappa shape index (κ1) is 13.1. The number of rotatable bonds is 3. The zero-order valence-electron chi connectivity index (χ0n) is 10.00. The second-order valence-electron chi connectivity index (χ2n) is 4.49. The van der Waals surface area contributed by atoms with E-state index < -0.39 is 11.7 Å². The van der Waals surface area contributed by atoms with Crippen molar-refractivity contribution in [1.82, 2.24) is 4.98 Å². The van der Waals surface area contributed by atoms with E-state index in [1.807, 2.05) is 6.92 Å². The molecule has 0 amide bonds. The van der Waals surface area contributed by atoms with Crippen LogP contribution in [0.4, 0.5) is 19.0 Å². The molecule has 1 aliphatic heterocycles. The van der Waals surface area contributed by atoms with E-state index in [-0.39, 0.29) is 6.04 Å². The van der Waals surface area contributed by atoms with Crippen molar-refractivity contribution in [2.24, 2.45) is 5.92 Å². The minimum atomic E-state index is -4.34. The van der Waals surface area contributed by atoms with Crippen molar-refractivity contribution >= 4 is 5.82 Å². The molecule has 100 valence electrons. The molecule has 1 fully saturated rings. The third-order valence-corrected chi connectivity index (χ3v) is 3.14. The fraction of sp³-hybridized carbons (Fsp3) is 0.583. The van der Waals surface area contributed by atoms with E-state index in [2.05, 4.69) is 10.3 Å². The Hall–Kier alpha value is -1.30. The van der Waals surface area contributed by atoms with Gasteiger partial charge in [0.1, 0.15) is 5.82 Å². The summed E-state index contributed by atoms with van der Waals surface area (Å²) in [6, 6.07) is 2.53. The van der Waals surface area contributed by atoms with Crippen LogP contribution in [0.15, 0.2) is 18.3 Å². The molecule has 0 aromatic carbocycles. The second-order valence-corrected chi connectivity index (χ2v) is 4.49. The monoisotopic (exact) mass is 260 g/mol. The number of nitrogens with zero attached hydrogens (tertiary/aromatic N) is 1. The van der Waals surface area contributed by atoms with Crippen molar-refractivity contribution in [2.75, 3.05) is 18.5 Å². The van der Waals surface area contributed by atoms with Crippen LogP contribution in [0, 0.1) is 5.92 Å². The van der Waals surface area contributed by atoms with Crippen LogP contribution in [0.3, 0.4) is 0 Å². The number of halogens is 3. The molecule has 18 heavy (non-hydrogen) atoms. The van der Waals surface area contributed by atoms with Crippen LogP contribution in [0.2, 0.25) is 0 Å². The summed E-state index contributed by atoms with van der Waals surface area (Å²) in [7, 11) is 0. The summed E-state index contributed by atoms with van der Waals surface area (Å²) in [5.74, 6) is 0.844. The first-order chi connectivity index (χ1) is 8.47. The van der Waals surface area contributed by atoms with E-state index in [0.717, 1.165) is 25.3 Å². The largest absolute Gasteiger partial charge is 0.417 e. The second kappa shape index (κ2) is 5.14. The maximum atomic E-state index is 12.4. The standard InChI is InChI=1S/C12H15F3N2O/c1-8(9-4-5-18-7-9)17-11-3-2-10(6-16-11)12(13,14)15/h2-3,6,8-9H,4-5,7H2,1H3,(H,16,17). The van der Waals surface area contributed by atoms with Crippen LogP contribution in [0.1, 0.15) is 18.9 Å². The normalized spacial score (nSPS) is 21.9. The highest BCUT2D eigenvalue weighted by molar-refractivity contribution is 5.37. The molecule has 2 heterocycles. The predicted molar refractivity (Wildman–Crippen MR) is 61.2 cm³/mol. The van der Waals surface area contributed by atoms with Crippen LogP contribution in [0.5, 0.6) is 0 Å². The van der Waals surface area contributed by atoms with Gasteiger partial charge in [-0.2, -0.15) is 13.2 Å². The van der Waals surface area contributed by atoms with Crippen molar-refractivity contribution in [2.45, 2.75) is 25.6 Å². The van der Waals surface area contributed by atoms with Gasteiger partial charge in [-0.15, -0.1) is 0 Å². The topological polar surface area (TPSA) is 34.2 Å². The number of hydrogen-bond acceptors (Lipinski definition) is 3. The Morgan fingerprint density at radius 3 is 2.72 bits per heavy atom. The highest BCUT2D eigenvalue weighted by atomic mass is 19.4. The number of alkyl halides is 3. The minimum absolute atomic E-state index is 0.136. The Morgan fingerprint density at radius 2 is 2.22 bits per heavy atom. The quantitative estimate of drug-likeness (QED) is 0.907. The predicted octanol–water partition coefficient (Wildman–Crippen LogP) is 2.94. The van der Waals surface area contributed by atoms with Gasteiger partial charge in [-0.3, -0.25) is 0 Å². The Balaban J connectivity index is 1.97. The average Bonchev–Trinajstić information content (AvgIpc) is 2.82. The van der Waals surface area contributed by atoms with Gasteiger partial charge in [-0.05, 0) is 25.5 Å². The van der Waals surface area contributed by atoms with E-state index >= 15 is 0 Å². The summed E-state index contributed by atoms with van der Waals surface area (Å²) in [5.41, 5.74) is -0.732. The number of pyridine rings is 1. The third kappa shape index (κ3) is 3.13. The first-order valence-electron chi connectivity index (χ1n) is 5.84. The van der Waals surface area contributed by atoms with Crippen molar-refractivity contribution in [3.05, 3.63) is 23.9 Å². The molecular weight excluding hydrogens is 245 g/mol. The Morgan fingerprint density at radius 1 is 1.44 bits per heavy atom. The van der Waals surface area contributed by atoms with Gasteiger partial charge in [0.15, 0.2) is 0 Å². The van der Waals surface area contributed by atoms with Crippen molar-refractivity contribution < 1.29 is 17.9 Å². The molecule has 0 spiro atoms. The average molecular weight is 260 g/mol. The number of aromatic nitrogens is 1. The maximum absolute atomic E-state index is 12.4. The van der Waals surface area contributed by atoms with Crippen molar-refractivity contribution in [3.8, 4) is 0 Å². The summed E-state index contributed by atoms with van der Waals surface area (Å²) < 4.78 is 42.3. The highest BCUT2D eigenvalue weighted by Gasteiger charge is 2.30. The van der Waals surface area contributed by atoms with Crippen molar-refractivity contribution in [3.63, 3.8) is 0 Å². The van der Waals surface area contributed by atoms with E-state index in [9.17, 15) is 13.2 Å². The lowest BCUT2D eigenvalue weighted by atomic mass is 10.0. The van der Waals surface area contributed by atoms with E-state index in [0.29, 0.717) is 18.3 Å². The van der Waals surface area contributed by atoms with Gasteiger partial charge in [0.2, 0.25) is 0 Å². The van der Waals surface area contributed by atoms with E-state index in [1.54, 1.807) is 0 Å². The van der Waals surface area contributed by atoms with Gasteiger partial charge in [0.05, 0.1) is 12.2 Å². The highest BCUT2D eigenvalue weighted by Crippen LogP contribution is 2.29. The van der Waals surface area contributed by atoms with Crippen LogP contribution in [-0.2, 0) is 10.9 Å². The van der Waals surface area contributed by atoms with Gasteiger partial charge in [0.25, 0.3) is 0 Å². The lowest BCUT2D eigenvalue weighted by Crippen LogP contribution is -2.26. The van der Waals surface area contributed by atoms with E-state index in [4.69, 9.17) is 4.74 Å². The van der Waals surface area contributed by atoms with Gasteiger partial charge < -0.3 is 10.1 Å². The Labute approximate surface area is 103 Å². The molecule has 2 rings (SSSR count). The lowest BCUT2D eigenvalue weighted by Gasteiger charge is -2.19. The molecule has 2 unspecified atom stereocenters. The minimum Gasteiger partial charge on any atom is -0.381 e. The Bertz CT molecular complexity index is 385. The fourth-order valence-corrected chi connectivity index (χ4v) is 1.95. The van der Waals surface area contributed by atoms with E-state index in [1.165, 1.54) is 6.07 Å². The SMILES string of the molecule is CC(Nc1ccc(C(F)(F)F)cn1)C1CCOC1. The number of ether oxygens (including phenoxy) is 1. The van der Waals surface area contributed by atoms with Crippen molar-refractivity contribution in [1.29, 1.82) is 0 Å². The smallest absolute Gasteiger partial charge is 0.381 e. The molecule has 1 aromatic heterocycles. The molecule has 1 saturated heterocycles. The van der Waals surface area contributed by atoms with Crippen LogP contribution >= 0.6 is 0 Å². The third-order valence-electron chi connectivity index (χ3n) is 3.14. The molecule has 1 N–H and O–H groups in total. The zero-order chi connectivity index (χ0) is 13.2. The molecule has 0 radical (unpaired) electrons. The van der Waals surface area contributed by atoms with Gasteiger partial charge >= 0.3 is 6.18 Å². The van der Waals surface area contributed by atoms with Crippen LogP contribution in [-0.4, -0.2) is 24.2 Å². The fourth-order valence-electron chi connectivity index (χ4n) is 1.95. The van der Waals surface area contributed by atoms with Crippen LogP contribution in [0.25, 0.3) is 0 Å². The maximum Gasteiger partial charge on any atom is 0.417 e. The Kier molecular flexibility index (Phi) is 3.75. The van der Waals surface area contributed by atoms with Gasteiger partial charge in [-0.25, -0.2) is 4.98 Å². The summed E-state index contributed by atoms with van der Waals surface area (Å²) >= 11 is 0. The summed E-state index contributed by atoms with van der Waals surface area (Å²) in [5, 5.41) is 3.10. The lowest BCUT2D eigenvalue weighted by molar-refractivity contribution is -0.137. The summed E-state index contributed by atoms with van der Waals surface area (Å²) in [6.45, 7) is 3.42. The molecular formula is C12H15F3N2O. The van der Waals surface area contributed by atoms with Crippen LogP contribution < -0.4 is 5.32 Å². The number of nitrogens with one attached hydrogen (secondary N) is 1. The molecule has 3 nitrogen and oxygen atoms in total. The molecule has 0 saturated carbocycles. The number of anilines is 1. The molecule has 2 atom stereocenters. The number of hydrogen-bond donors (Lipinski definition) is 1.